The Morgan fingerprint density at radius 1 is 1.41 bits per heavy atom. The van der Waals surface area contributed by atoms with Crippen LogP contribution in [0.5, 0.6) is 0 Å². The molecule has 0 fully saturated rings. The zero-order valence-corrected chi connectivity index (χ0v) is 11.7. The molecule has 0 aromatic carbocycles. The summed E-state index contributed by atoms with van der Waals surface area (Å²) in [5.74, 6) is 0. The number of nitrogens with one attached hydrogen (secondary N) is 1. The van der Waals surface area contributed by atoms with Gasteiger partial charge in [0.1, 0.15) is 0 Å². The molecule has 1 aromatic heterocycles. The van der Waals surface area contributed by atoms with E-state index >= 15 is 0 Å². The molecule has 0 radical (unpaired) electrons. The minimum atomic E-state index is 0.764. The van der Waals surface area contributed by atoms with E-state index in [1.165, 1.54) is 0 Å². The van der Waals surface area contributed by atoms with Crippen molar-refractivity contribution in [2.24, 2.45) is 0 Å². The molecule has 4 nitrogen and oxygen atoms in total. The number of rotatable bonds is 8. The summed E-state index contributed by atoms with van der Waals surface area (Å²) < 4.78 is 7.23. The molecule has 0 aliphatic rings. The van der Waals surface area contributed by atoms with E-state index in [1.54, 1.807) is 0 Å². The van der Waals surface area contributed by atoms with Crippen molar-refractivity contribution in [2.45, 2.75) is 40.3 Å². The number of aromatic nitrogens is 2. The van der Waals surface area contributed by atoms with Crippen LogP contribution in [0.3, 0.4) is 0 Å². The second-order valence-corrected chi connectivity index (χ2v) is 4.27. The van der Waals surface area contributed by atoms with Crippen molar-refractivity contribution in [1.29, 1.82) is 0 Å². The van der Waals surface area contributed by atoms with Gasteiger partial charge in [0, 0.05) is 26.3 Å². The highest BCUT2D eigenvalue weighted by molar-refractivity contribution is 6.31. The monoisotopic (exact) mass is 259 g/mol. The summed E-state index contributed by atoms with van der Waals surface area (Å²) in [6.07, 6.45) is 1.02. The van der Waals surface area contributed by atoms with Gasteiger partial charge in [-0.25, -0.2) is 0 Å². The average molecular weight is 260 g/mol. The number of hydrogen-bond donors (Lipinski definition) is 1. The average Bonchev–Trinajstić information content (AvgIpc) is 2.60. The number of ether oxygens (including phenoxy) is 1. The van der Waals surface area contributed by atoms with Crippen molar-refractivity contribution in [3.63, 3.8) is 0 Å². The minimum Gasteiger partial charge on any atom is -0.382 e. The first-order valence-corrected chi connectivity index (χ1v) is 6.58. The van der Waals surface area contributed by atoms with E-state index in [-0.39, 0.29) is 0 Å². The van der Waals surface area contributed by atoms with Crippen LogP contribution in [0.4, 0.5) is 0 Å². The second kappa shape index (κ2) is 7.69. The Bertz CT molecular complexity index is 339. The zero-order chi connectivity index (χ0) is 12.7. The van der Waals surface area contributed by atoms with Crippen LogP contribution in [0.15, 0.2) is 0 Å². The van der Waals surface area contributed by atoms with E-state index in [0.29, 0.717) is 0 Å². The second-order valence-electron chi connectivity index (χ2n) is 3.89. The van der Waals surface area contributed by atoms with Gasteiger partial charge in [0.05, 0.1) is 16.4 Å². The Labute approximate surface area is 108 Å². The standard InChI is InChI=1S/C12H22ClN3O/c1-4-16-11(12(13)10(3)15-16)9-14-7-6-8-17-5-2/h14H,4-9H2,1-3H3. The van der Waals surface area contributed by atoms with Crippen LogP contribution >= 0.6 is 11.6 Å². The summed E-state index contributed by atoms with van der Waals surface area (Å²) in [5.41, 5.74) is 1.97. The van der Waals surface area contributed by atoms with Crippen LogP contribution in [-0.2, 0) is 17.8 Å². The summed E-state index contributed by atoms with van der Waals surface area (Å²) in [4.78, 5) is 0. The first-order chi connectivity index (χ1) is 8.20. The normalized spacial score (nSPS) is 11.1. The lowest BCUT2D eigenvalue weighted by Crippen LogP contribution is -2.19. The molecular formula is C12H22ClN3O. The van der Waals surface area contributed by atoms with Crippen molar-refractivity contribution in [2.75, 3.05) is 19.8 Å². The summed E-state index contributed by atoms with van der Waals surface area (Å²) in [6.45, 7) is 10.2. The van der Waals surface area contributed by atoms with E-state index in [4.69, 9.17) is 16.3 Å². The summed E-state index contributed by atoms with van der Waals surface area (Å²) in [7, 11) is 0. The predicted molar refractivity (Wildman–Crippen MR) is 70.5 cm³/mol. The van der Waals surface area contributed by atoms with Gasteiger partial charge < -0.3 is 10.1 Å². The molecule has 0 bridgehead atoms. The van der Waals surface area contributed by atoms with Gasteiger partial charge in [0.2, 0.25) is 0 Å². The van der Waals surface area contributed by atoms with E-state index in [2.05, 4.69) is 17.3 Å². The molecule has 1 aromatic rings. The van der Waals surface area contributed by atoms with Gasteiger partial charge >= 0.3 is 0 Å². The van der Waals surface area contributed by atoms with Crippen LogP contribution < -0.4 is 5.32 Å². The fourth-order valence-electron chi connectivity index (χ4n) is 1.69. The third-order valence-electron chi connectivity index (χ3n) is 2.59. The maximum absolute atomic E-state index is 6.21. The molecule has 0 atom stereocenters. The first-order valence-electron chi connectivity index (χ1n) is 6.20. The number of hydrogen-bond acceptors (Lipinski definition) is 3. The number of aryl methyl sites for hydroxylation is 2. The van der Waals surface area contributed by atoms with Crippen molar-refractivity contribution in [1.82, 2.24) is 15.1 Å². The molecule has 0 unspecified atom stereocenters. The van der Waals surface area contributed by atoms with E-state index < -0.39 is 0 Å². The van der Waals surface area contributed by atoms with E-state index in [9.17, 15) is 0 Å². The topological polar surface area (TPSA) is 39.1 Å². The first kappa shape index (κ1) is 14.5. The molecule has 0 aliphatic carbocycles. The highest BCUT2D eigenvalue weighted by Gasteiger charge is 2.11. The van der Waals surface area contributed by atoms with Crippen LogP contribution in [0.2, 0.25) is 5.02 Å². The SMILES string of the molecule is CCOCCCNCc1c(Cl)c(C)nn1CC. The van der Waals surface area contributed by atoms with Crippen LogP contribution in [0.25, 0.3) is 0 Å². The molecule has 0 spiro atoms. The van der Waals surface area contributed by atoms with Gasteiger partial charge in [-0.1, -0.05) is 11.6 Å². The van der Waals surface area contributed by atoms with Crippen LogP contribution in [0, 0.1) is 6.92 Å². The predicted octanol–water partition coefficient (Wildman–Crippen LogP) is 2.38. The van der Waals surface area contributed by atoms with Gasteiger partial charge in [-0.15, -0.1) is 0 Å². The molecule has 0 aliphatic heterocycles. The maximum atomic E-state index is 6.21. The van der Waals surface area contributed by atoms with Crippen molar-refractivity contribution >= 4 is 11.6 Å². The molecule has 1 N–H and O–H groups in total. The number of halogens is 1. The lowest BCUT2D eigenvalue weighted by Gasteiger charge is -2.07. The third kappa shape index (κ3) is 4.30. The van der Waals surface area contributed by atoms with Gasteiger partial charge in [0.25, 0.3) is 0 Å². The Balaban J connectivity index is 2.35. The summed E-state index contributed by atoms with van der Waals surface area (Å²) >= 11 is 6.21. The highest BCUT2D eigenvalue weighted by atomic mass is 35.5. The fraction of sp³-hybridized carbons (Fsp3) is 0.750. The van der Waals surface area contributed by atoms with E-state index in [0.717, 1.165) is 55.7 Å². The molecule has 5 heteroatoms. The lowest BCUT2D eigenvalue weighted by molar-refractivity contribution is 0.144. The van der Waals surface area contributed by atoms with Crippen molar-refractivity contribution < 1.29 is 4.74 Å². The minimum absolute atomic E-state index is 0.764. The Kier molecular flexibility index (Phi) is 6.55. The van der Waals surface area contributed by atoms with Crippen molar-refractivity contribution in [3.8, 4) is 0 Å². The van der Waals surface area contributed by atoms with Gasteiger partial charge in [0.15, 0.2) is 0 Å². The molecule has 1 rings (SSSR count). The Morgan fingerprint density at radius 2 is 2.18 bits per heavy atom. The Hall–Kier alpha value is -0.580. The molecule has 17 heavy (non-hydrogen) atoms. The molecule has 0 saturated carbocycles. The summed E-state index contributed by atoms with van der Waals surface area (Å²) in [6, 6.07) is 0. The Morgan fingerprint density at radius 3 is 2.82 bits per heavy atom. The molecule has 0 amide bonds. The van der Waals surface area contributed by atoms with E-state index in [1.807, 2.05) is 18.5 Å². The maximum Gasteiger partial charge on any atom is 0.0860 e. The lowest BCUT2D eigenvalue weighted by atomic mass is 10.3. The van der Waals surface area contributed by atoms with Crippen LogP contribution in [-0.4, -0.2) is 29.5 Å². The smallest absolute Gasteiger partial charge is 0.0860 e. The quantitative estimate of drug-likeness (QED) is 0.729. The molecule has 0 saturated heterocycles. The van der Waals surface area contributed by atoms with Gasteiger partial charge in [-0.2, -0.15) is 5.10 Å². The number of nitrogens with zero attached hydrogens (tertiary/aromatic N) is 2. The third-order valence-corrected chi connectivity index (χ3v) is 3.08. The molecular weight excluding hydrogens is 238 g/mol. The van der Waals surface area contributed by atoms with Gasteiger partial charge in [-0.05, 0) is 33.7 Å². The fourth-order valence-corrected chi connectivity index (χ4v) is 1.89. The molecule has 98 valence electrons. The van der Waals surface area contributed by atoms with Crippen molar-refractivity contribution in [3.05, 3.63) is 16.4 Å². The summed E-state index contributed by atoms with van der Waals surface area (Å²) in [5, 5.41) is 8.52. The zero-order valence-electron chi connectivity index (χ0n) is 10.9. The van der Waals surface area contributed by atoms with Crippen LogP contribution in [0.1, 0.15) is 31.7 Å². The molecule has 1 heterocycles. The van der Waals surface area contributed by atoms with Gasteiger partial charge in [-0.3, -0.25) is 4.68 Å². The highest BCUT2D eigenvalue weighted by Crippen LogP contribution is 2.19. The largest absolute Gasteiger partial charge is 0.382 e.